The van der Waals surface area contributed by atoms with E-state index in [9.17, 15) is 5.11 Å². The van der Waals surface area contributed by atoms with Crippen molar-refractivity contribution < 1.29 is 9.84 Å². The number of aliphatic hydroxyl groups is 1. The molecule has 4 heteroatoms. The maximum Gasteiger partial charge on any atom is 0.0897 e. The maximum atomic E-state index is 10.1. The number of fused-ring (bicyclic) bond motifs is 1. The van der Waals surface area contributed by atoms with Gasteiger partial charge in [0.15, 0.2) is 0 Å². The highest BCUT2D eigenvalue weighted by molar-refractivity contribution is 4.95. The van der Waals surface area contributed by atoms with E-state index in [2.05, 4.69) is 10.2 Å². The molecule has 0 spiro atoms. The van der Waals surface area contributed by atoms with Gasteiger partial charge in [-0.1, -0.05) is 19.3 Å². The Morgan fingerprint density at radius 2 is 1.90 bits per heavy atom. The molecule has 2 N–H and O–H groups in total. The van der Waals surface area contributed by atoms with Gasteiger partial charge in [-0.2, -0.15) is 0 Å². The number of nitrogens with zero attached hydrogens (tertiary/aromatic N) is 1. The van der Waals surface area contributed by atoms with Gasteiger partial charge in [-0.3, -0.25) is 4.90 Å². The summed E-state index contributed by atoms with van der Waals surface area (Å²) >= 11 is 0. The van der Waals surface area contributed by atoms with Gasteiger partial charge in [0.1, 0.15) is 0 Å². The maximum absolute atomic E-state index is 10.1. The molecule has 1 aliphatic carbocycles. The number of hydrogen-bond donors (Lipinski definition) is 2. The Hall–Kier alpha value is -0.160. The summed E-state index contributed by atoms with van der Waals surface area (Å²) in [4.78, 5) is 2.60. The van der Waals surface area contributed by atoms with E-state index in [4.69, 9.17) is 4.74 Å². The standard InChI is InChI=1S/C16H30N2O2/c19-13(12-20-14-5-2-1-3-6-14)11-17-15-8-10-18-9-4-7-16(15)18/h13-17,19H,1-12H2. The first-order valence-corrected chi connectivity index (χ1v) is 8.60. The highest BCUT2D eigenvalue weighted by Gasteiger charge is 2.36. The lowest BCUT2D eigenvalue weighted by Gasteiger charge is -2.25. The van der Waals surface area contributed by atoms with Gasteiger partial charge in [-0.25, -0.2) is 0 Å². The molecule has 0 aromatic rings. The SMILES string of the molecule is OC(CNC1CCN2CCCC12)COC1CCCCC1. The summed E-state index contributed by atoms with van der Waals surface area (Å²) in [5.41, 5.74) is 0. The van der Waals surface area contributed by atoms with E-state index in [1.807, 2.05) is 0 Å². The van der Waals surface area contributed by atoms with E-state index in [-0.39, 0.29) is 6.10 Å². The molecule has 0 aromatic carbocycles. The van der Waals surface area contributed by atoms with Crippen molar-refractivity contribution in [2.45, 2.75) is 75.7 Å². The summed E-state index contributed by atoms with van der Waals surface area (Å²) in [5, 5.41) is 13.6. The molecule has 0 aromatic heterocycles. The molecule has 0 radical (unpaired) electrons. The Kier molecular flexibility index (Phi) is 5.32. The molecule has 4 nitrogen and oxygen atoms in total. The van der Waals surface area contributed by atoms with Crippen LogP contribution in [0.5, 0.6) is 0 Å². The van der Waals surface area contributed by atoms with Crippen molar-refractivity contribution in [2.75, 3.05) is 26.2 Å². The third-order valence-corrected chi connectivity index (χ3v) is 5.30. The largest absolute Gasteiger partial charge is 0.389 e. The fraction of sp³-hybridized carbons (Fsp3) is 1.00. The molecular formula is C16H30N2O2. The lowest BCUT2D eigenvalue weighted by Crippen LogP contribution is -2.43. The smallest absolute Gasteiger partial charge is 0.0897 e. The molecule has 3 fully saturated rings. The van der Waals surface area contributed by atoms with Crippen LogP contribution in [-0.2, 0) is 4.74 Å². The molecule has 20 heavy (non-hydrogen) atoms. The molecule has 3 unspecified atom stereocenters. The molecule has 2 saturated heterocycles. The predicted octanol–water partition coefficient (Wildman–Crippen LogP) is 1.52. The monoisotopic (exact) mass is 282 g/mol. The predicted molar refractivity (Wildman–Crippen MR) is 79.8 cm³/mol. The van der Waals surface area contributed by atoms with Crippen LogP contribution in [0.1, 0.15) is 51.4 Å². The van der Waals surface area contributed by atoms with Crippen molar-refractivity contribution in [1.82, 2.24) is 10.2 Å². The summed E-state index contributed by atoms with van der Waals surface area (Å²) in [6.07, 6.45) is 10.2. The summed E-state index contributed by atoms with van der Waals surface area (Å²) < 4.78 is 5.85. The molecule has 3 atom stereocenters. The Morgan fingerprint density at radius 1 is 1.05 bits per heavy atom. The van der Waals surface area contributed by atoms with E-state index in [0.717, 1.165) is 6.04 Å². The summed E-state index contributed by atoms with van der Waals surface area (Å²) in [6.45, 7) is 3.69. The molecule has 0 amide bonds. The lowest BCUT2D eigenvalue weighted by atomic mass is 9.98. The van der Waals surface area contributed by atoms with Crippen LogP contribution >= 0.6 is 0 Å². The summed E-state index contributed by atoms with van der Waals surface area (Å²) in [6, 6.07) is 1.31. The van der Waals surface area contributed by atoms with E-state index in [1.165, 1.54) is 64.5 Å². The number of nitrogens with one attached hydrogen (secondary N) is 1. The van der Waals surface area contributed by atoms with Crippen LogP contribution in [-0.4, -0.2) is 60.5 Å². The third kappa shape index (κ3) is 3.73. The zero-order chi connectivity index (χ0) is 13.8. The average Bonchev–Trinajstić information content (AvgIpc) is 3.07. The number of aliphatic hydroxyl groups excluding tert-OH is 1. The summed E-state index contributed by atoms with van der Waals surface area (Å²) in [5.74, 6) is 0. The molecule has 0 bridgehead atoms. The first-order valence-electron chi connectivity index (χ1n) is 8.60. The fourth-order valence-electron chi connectivity index (χ4n) is 4.15. The second kappa shape index (κ2) is 7.21. The van der Waals surface area contributed by atoms with Crippen molar-refractivity contribution in [1.29, 1.82) is 0 Å². The number of hydrogen-bond acceptors (Lipinski definition) is 4. The van der Waals surface area contributed by atoms with E-state index < -0.39 is 0 Å². The van der Waals surface area contributed by atoms with Gasteiger partial charge < -0.3 is 15.2 Å². The number of rotatable bonds is 6. The molecule has 2 heterocycles. The minimum atomic E-state index is -0.354. The molecule has 3 aliphatic rings. The van der Waals surface area contributed by atoms with Gasteiger partial charge >= 0.3 is 0 Å². The van der Waals surface area contributed by atoms with Gasteiger partial charge in [0.2, 0.25) is 0 Å². The van der Waals surface area contributed by atoms with Crippen LogP contribution in [0, 0.1) is 0 Å². The Labute approximate surface area is 122 Å². The first-order chi connectivity index (χ1) is 9.83. The van der Waals surface area contributed by atoms with E-state index in [0.29, 0.717) is 25.3 Å². The zero-order valence-electron chi connectivity index (χ0n) is 12.6. The van der Waals surface area contributed by atoms with Crippen LogP contribution in [0.4, 0.5) is 0 Å². The van der Waals surface area contributed by atoms with Gasteiger partial charge in [-0.05, 0) is 38.6 Å². The van der Waals surface area contributed by atoms with Crippen molar-refractivity contribution in [2.24, 2.45) is 0 Å². The Bertz CT molecular complexity index is 294. The normalized spacial score (nSPS) is 33.5. The van der Waals surface area contributed by atoms with Crippen LogP contribution in [0.15, 0.2) is 0 Å². The molecule has 2 aliphatic heterocycles. The second-order valence-corrected chi connectivity index (χ2v) is 6.80. The minimum Gasteiger partial charge on any atom is -0.389 e. The lowest BCUT2D eigenvalue weighted by molar-refractivity contribution is -0.0237. The fourth-order valence-corrected chi connectivity index (χ4v) is 4.15. The topological polar surface area (TPSA) is 44.7 Å². The third-order valence-electron chi connectivity index (χ3n) is 5.30. The van der Waals surface area contributed by atoms with Crippen molar-refractivity contribution in [3.05, 3.63) is 0 Å². The average molecular weight is 282 g/mol. The van der Waals surface area contributed by atoms with Crippen LogP contribution in [0.3, 0.4) is 0 Å². The van der Waals surface area contributed by atoms with Crippen LogP contribution in [0.2, 0.25) is 0 Å². The van der Waals surface area contributed by atoms with Gasteiger partial charge in [0.05, 0.1) is 18.8 Å². The quantitative estimate of drug-likeness (QED) is 0.775. The zero-order valence-corrected chi connectivity index (χ0v) is 12.6. The van der Waals surface area contributed by atoms with Crippen molar-refractivity contribution in [3.8, 4) is 0 Å². The Morgan fingerprint density at radius 3 is 2.75 bits per heavy atom. The van der Waals surface area contributed by atoms with Gasteiger partial charge in [0.25, 0.3) is 0 Å². The van der Waals surface area contributed by atoms with Crippen molar-refractivity contribution in [3.63, 3.8) is 0 Å². The first kappa shape index (κ1) is 14.8. The number of ether oxygens (including phenoxy) is 1. The second-order valence-electron chi connectivity index (χ2n) is 6.80. The van der Waals surface area contributed by atoms with Gasteiger partial charge in [-0.15, -0.1) is 0 Å². The van der Waals surface area contributed by atoms with Crippen LogP contribution < -0.4 is 5.32 Å². The highest BCUT2D eigenvalue weighted by atomic mass is 16.5. The van der Waals surface area contributed by atoms with Gasteiger partial charge in [0, 0.05) is 25.2 Å². The van der Waals surface area contributed by atoms with Crippen molar-refractivity contribution >= 4 is 0 Å². The molecule has 116 valence electrons. The minimum absolute atomic E-state index is 0.354. The Balaban J connectivity index is 1.31. The van der Waals surface area contributed by atoms with E-state index >= 15 is 0 Å². The van der Waals surface area contributed by atoms with Crippen LogP contribution in [0.25, 0.3) is 0 Å². The molecule has 1 saturated carbocycles. The summed E-state index contributed by atoms with van der Waals surface area (Å²) in [7, 11) is 0. The highest BCUT2D eigenvalue weighted by Crippen LogP contribution is 2.27. The molecule has 3 rings (SSSR count). The van der Waals surface area contributed by atoms with E-state index in [1.54, 1.807) is 0 Å². The molecular weight excluding hydrogens is 252 g/mol.